The van der Waals surface area contributed by atoms with Gasteiger partial charge in [0, 0.05) is 22.9 Å². The first-order valence-corrected chi connectivity index (χ1v) is 10.5. The highest BCUT2D eigenvalue weighted by Crippen LogP contribution is 2.40. The molecule has 10 nitrogen and oxygen atoms in total. The van der Waals surface area contributed by atoms with Crippen molar-refractivity contribution in [2.24, 2.45) is 0 Å². The number of carbonyl (C=O) groups is 2. The number of oxazole rings is 1. The summed E-state index contributed by atoms with van der Waals surface area (Å²) in [7, 11) is 1.43. The molecule has 1 aromatic carbocycles. The van der Waals surface area contributed by atoms with Crippen LogP contribution in [0.2, 0.25) is 0 Å². The molecule has 0 atom stereocenters. The van der Waals surface area contributed by atoms with Crippen LogP contribution in [0.4, 0.5) is 10.8 Å². The quantitative estimate of drug-likeness (QED) is 0.575. The molecule has 3 aromatic rings. The number of benzene rings is 1. The summed E-state index contributed by atoms with van der Waals surface area (Å²) in [6, 6.07) is 3.78. The Kier molecular flexibility index (Phi) is 4.38. The number of nitrogens with zero attached hydrogens (tertiary/aromatic N) is 3. The van der Waals surface area contributed by atoms with Crippen LogP contribution in [0.5, 0.6) is 0 Å². The molecule has 11 heteroatoms. The van der Waals surface area contributed by atoms with Gasteiger partial charge in [0.15, 0.2) is 16.6 Å². The summed E-state index contributed by atoms with van der Waals surface area (Å²) < 4.78 is 13.6. The molecule has 2 aromatic heterocycles. The van der Waals surface area contributed by atoms with E-state index in [0.717, 1.165) is 38.7 Å². The maximum atomic E-state index is 13.3. The topological polar surface area (TPSA) is 127 Å². The van der Waals surface area contributed by atoms with Gasteiger partial charge in [-0.3, -0.25) is 14.5 Å². The van der Waals surface area contributed by atoms with Crippen LogP contribution in [0.1, 0.15) is 24.4 Å². The zero-order chi connectivity index (χ0) is 22.1. The summed E-state index contributed by atoms with van der Waals surface area (Å²) in [5.74, 6) is -0.571. The Labute approximate surface area is 183 Å². The highest BCUT2D eigenvalue weighted by atomic mass is 79.9. The largest absolute Gasteiger partial charge is 0.465 e. The summed E-state index contributed by atoms with van der Waals surface area (Å²) in [5.41, 5.74) is 0.462. The number of halogens is 1. The summed E-state index contributed by atoms with van der Waals surface area (Å²) in [5, 5.41) is 12.0. The Morgan fingerprint density at radius 1 is 1.35 bits per heavy atom. The van der Waals surface area contributed by atoms with Gasteiger partial charge in [-0.25, -0.2) is 4.79 Å². The zero-order valence-corrected chi connectivity index (χ0v) is 18.4. The molecule has 3 heterocycles. The molecule has 162 valence electrons. The van der Waals surface area contributed by atoms with Gasteiger partial charge in [0.2, 0.25) is 0 Å². The van der Waals surface area contributed by atoms with Gasteiger partial charge in [0.25, 0.3) is 11.5 Å². The predicted octanol–water partition coefficient (Wildman–Crippen LogP) is 2.55. The fourth-order valence-electron chi connectivity index (χ4n) is 4.01. The highest BCUT2D eigenvalue weighted by Gasteiger charge is 2.50. The number of hydrogen-bond acceptors (Lipinski definition) is 6. The van der Waals surface area contributed by atoms with Crippen molar-refractivity contribution in [3.63, 3.8) is 0 Å². The van der Waals surface area contributed by atoms with Crippen LogP contribution in [0.25, 0.3) is 22.0 Å². The number of carbonyl (C=O) groups excluding carboxylic acids is 1. The van der Waals surface area contributed by atoms with Crippen molar-refractivity contribution >= 4 is 55.9 Å². The van der Waals surface area contributed by atoms with E-state index in [1.807, 2.05) is 19.1 Å². The van der Waals surface area contributed by atoms with E-state index in [2.05, 4.69) is 26.2 Å². The number of hydrogen-bond donors (Lipinski definition) is 2. The molecular formula is C20H19BrN4O6. The maximum Gasteiger partial charge on any atom is 0.405 e. The first-order chi connectivity index (χ1) is 14.7. The third-order valence-corrected chi connectivity index (χ3v) is 6.70. The molecule has 1 aliphatic heterocycles. The summed E-state index contributed by atoms with van der Waals surface area (Å²) in [6.07, 6.45) is 0.500. The minimum Gasteiger partial charge on any atom is -0.465 e. The van der Waals surface area contributed by atoms with Crippen molar-refractivity contribution in [2.45, 2.75) is 31.3 Å². The molecule has 2 aliphatic rings. The van der Waals surface area contributed by atoms with Gasteiger partial charge in [-0.15, -0.1) is 0 Å². The Morgan fingerprint density at radius 2 is 2.06 bits per heavy atom. The lowest BCUT2D eigenvalue weighted by molar-refractivity contribution is -0.144. The second kappa shape index (κ2) is 6.79. The molecule has 31 heavy (non-hydrogen) atoms. The molecule has 1 saturated carbocycles. The fraction of sp³-hybridized carbons (Fsp3) is 0.400. The van der Waals surface area contributed by atoms with Gasteiger partial charge < -0.3 is 24.1 Å². The summed E-state index contributed by atoms with van der Waals surface area (Å²) >= 11 is 3.53. The number of pyridine rings is 1. The minimum absolute atomic E-state index is 0.0778. The van der Waals surface area contributed by atoms with Crippen molar-refractivity contribution in [2.75, 3.05) is 25.2 Å². The Hall–Kier alpha value is -2.92. The number of rotatable bonds is 4. The minimum atomic E-state index is -1.40. The number of ether oxygens (including phenoxy) is 1. The van der Waals surface area contributed by atoms with Gasteiger partial charge >= 0.3 is 12.1 Å². The molecule has 1 aliphatic carbocycles. The zero-order valence-electron chi connectivity index (χ0n) is 16.8. The number of aromatic nitrogens is 2. The predicted molar refractivity (Wildman–Crippen MR) is 115 cm³/mol. The van der Waals surface area contributed by atoms with Crippen molar-refractivity contribution in [3.05, 3.63) is 32.5 Å². The molecular weight excluding hydrogens is 472 g/mol. The van der Waals surface area contributed by atoms with Crippen molar-refractivity contribution in [3.8, 4) is 0 Å². The van der Waals surface area contributed by atoms with Crippen LogP contribution in [-0.4, -0.2) is 52.5 Å². The van der Waals surface area contributed by atoms with Gasteiger partial charge in [-0.1, -0.05) is 15.9 Å². The average Bonchev–Trinajstić information content (AvgIpc) is 3.43. The molecule has 2 fully saturated rings. The van der Waals surface area contributed by atoms with Gasteiger partial charge in [-0.2, -0.15) is 4.98 Å². The number of nitrogens with one attached hydrogen (secondary N) is 1. The fourth-order valence-corrected chi connectivity index (χ4v) is 4.33. The second-order valence-corrected chi connectivity index (χ2v) is 8.87. The molecule has 0 radical (unpaired) electrons. The Morgan fingerprint density at radius 3 is 2.65 bits per heavy atom. The van der Waals surface area contributed by atoms with Gasteiger partial charge in [0.05, 0.1) is 18.7 Å². The van der Waals surface area contributed by atoms with Crippen LogP contribution in [-0.2, 0) is 9.53 Å². The smallest absolute Gasteiger partial charge is 0.405 e. The highest BCUT2D eigenvalue weighted by molar-refractivity contribution is 9.10. The molecule has 0 unspecified atom stereocenters. The first kappa shape index (κ1) is 20.0. The van der Waals surface area contributed by atoms with Crippen molar-refractivity contribution in [1.29, 1.82) is 0 Å². The number of aryl methyl sites for hydroxylation is 1. The van der Waals surface area contributed by atoms with E-state index < -0.39 is 17.5 Å². The molecule has 0 bridgehead atoms. The second-order valence-electron chi connectivity index (χ2n) is 8.02. The third kappa shape index (κ3) is 2.94. The molecule has 2 N–H and O–H groups in total. The summed E-state index contributed by atoms with van der Waals surface area (Å²) in [6.45, 7) is 1.75. The lowest BCUT2D eigenvalue weighted by Gasteiger charge is -2.40. The van der Waals surface area contributed by atoms with Crippen LogP contribution in [0.15, 0.2) is 25.8 Å². The lowest BCUT2D eigenvalue weighted by atomic mass is 9.96. The van der Waals surface area contributed by atoms with E-state index in [1.54, 1.807) is 4.57 Å². The first-order valence-electron chi connectivity index (χ1n) is 9.74. The summed E-state index contributed by atoms with van der Waals surface area (Å²) in [4.78, 5) is 42.9. The van der Waals surface area contributed by atoms with E-state index in [9.17, 15) is 14.4 Å². The normalized spacial score (nSPS) is 17.5. The van der Waals surface area contributed by atoms with Crippen LogP contribution in [0, 0.1) is 6.92 Å². The van der Waals surface area contributed by atoms with Crippen LogP contribution in [0.3, 0.4) is 0 Å². The van der Waals surface area contributed by atoms with E-state index in [0.29, 0.717) is 5.58 Å². The Balaban J connectivity index is 1.67. The van der Waals surface area contributed by atoms with Crippen LogP contribution >= 0.6 is 15.9 Å². The van der Waals surface area contributed by atoms with E-state index in [-0.39, 0.29) is 36.3 Å². The Bertz CT molecular complexity index is 1320. The van der Waals surface area contributed by atoms with Crippen molar-refractivity contribution in [1.82, 2.24) is 14.9 Å². The van der Waals surface area contributed by atoms with E-state index in [1.165, 1.54) is 7.05 Å². The van der Waals surface area contributed by atoms with Gasteiger partial charge in [0.1, 0.15) is 0 Å². The number of fused-ring (bicyclic) bond motifs is 3. The van der Waals surface area contributed by atoms with Crippen molar-refractivity contribution < 1.29 is 23.8 Å². The number of carboxylic acid groups (broad SMARTS) is 1. The van der Waals surface area contributed by atoms with E-state index >= 15 is 0 Å². The average molecular weight is 491 g/mol. The molecule has 5 rings (SSSR count). The monoisotopic (exact) mass is 490 g/mol. The third-order valence-electron chi connectivity index (χ3n) is 5.84. The standard InChI is InChI=1S/C20H19BrN4O6/c1-9-12(21)6-5-11-14(9)25(10-3-4-10)16(26)13-15(11)31-18(22-13)24(2)17(27)20(7-30-8-20)23-19(28)29/h5-6,10,23H,3-4,7-8H2,1-2H3,(H,28,29). The maximum absolute atomic E-state index is 13.3. The lowest BCUT2D eigenvalue weighted by Crippen LogP contribution is -2.70. The van der Waals surface area contributed by atoms with Crippen LogP contribution < -0.4 is 15.8 Å². The van der Waals surface area contributed by atoms with Gasteiger partial charge in [-0.05, 0) is 37.5 Å². The molecule has 0 spiro atoms. The molecule has 2 amide bonds. The van der Waals surface area contributed by atoms with E-state index in [4.69, 9.17) is 14.3 Å². The number of amides is 2. The SMILES string of the molecule is Cc1c(Br)ccc2c3oc(N(C)C(=O)C4(NC(=O)O)COC4)nc3c(=O)n(C3CC3)c12. The number of anilines is 1. The number of likely N-dealkylation sites (N-methyl/N-ethyl adjacent to an activating group) is 1. The molecule has 1 saturated heterocycles.